The fraction of sp³-hybridized carbons (Fsp3) is 0.773. The van der Waals surface area contributed by atoms with Crippen LogP contribution in [0.4, 0.5) is 4.79 Å². The third-order valence-electron chi connectivity index (χ3n) is 8.02. The molecule has 5 rings (SSSR count). The lowest BCUT2D eigenvalue weighted by Gasteiger charge is -2.47. The fourth-order valence-electron chi connectivity index (χ4n) is 7.19. The van der Waals surface area contributed by atoms with Gasteiger partial charge in [0.1, 0.15) is 5.60 Å². The molecule has 180 valence electrons. The summed E-state index contributed by atoms with van der Waals surface area (Å²) in [5, 5.41) is 2.56. The molecule has 0 spiro atoms. The molecule has 5 fully saturated rings. The summed E-state index contributed by atoms with van der Waals surface area (Å²) in [6.07, 6.45) is -0.0512. The van der Waals surface area contributed by atoms with E-state index in [4.69, 9.17) is 18.9 Å². The van der Waals surface area contributed by atoms with Crippen molar-refractivity contribution in [3.8, 4) is 0 Å². The predicted molar refractivity (Wildman–Crippen MR) is 107 cm³/mol. The van der Waals surface area contributed by atoms with Gasteiger partial charge in [-0.1, -0.05) is 0 Å². The zero-order valence-corrected chi connectivity index (χ0v) is 19.2. The molecule has 3 aliphatic carbocycles. The SMILES string of the molecule is COC(=O)[C@]12O[C@@]1(C(=O)OC)[C@@H]1[C@@H]3C[C@@H]([C@@H]4C(=O)N(CCNC(=O)OC(C)(C)C)C(=O)[C@H]34)[C@@H]12. The van der Waals surface area contributed by atoms with Crippen LogP contribution >= 0.6 is 0 Å². The lowest BCUT2D eigenvalue weighted by atomic mass is 9.48. The van der Waals surface area contributed by atoms with Gasteiger partial charge in [-0.15, -0.1) is 0 Å². The van der Waals surface area contributed by atoms with E-state index in [9.17, 15) is 24.0 Å². The van der Waals surface area contributed by atoms with E-state index in [1.807, 2.05) is 0 Å². The number of nitrogens with one attached hydrogen (secondary N) is 1. The molecule has 2 bridgehead atoms. The number of hydrogen-bond acceptors (Lipinski definition) is 9. The maximum absolute atomic E-state index is 13.2. The Labute approximate surface area is 190 Å². The molecule has 0 radical (unpaired) electrons. The number of likely N-dealkylation sites (tertiary alicyclic amines) is 1. The van der Waals surface area contributed by atoms with E-state index in [-0.39, 0.29) is 48.6 Å². The summed E-state index contributed by atoms with van der Waals surface area (Å²) in [5.74, 6) is -4.29. The Kier molecular flexibility index (Phi) is 4.48. The molecule has 2 saturated heterocycles. The van der Waals surface area contributed by atoms with Crippen LogP contribution in [0.25, 0.3) is 0 Å². The van der Waals surface area contributed by atoms with Crippen molar-refractivity contribution >= 4 is 29.8 Å². The van der Waals surface area contributed by atoms with Crippen LogP contribution in [0.2, 0.25) is 0 Å². The number of hydrogen-bond donors (Lipinski definition) is 1. The van der Waals surface area contributed by atoms with E-state index in [2.05, 4.69) is 5.32 Å². The van der Waals surface area contributed by atoms with E-state index < -0.39 is 46.7 Å². The first-order chi connectivity index (χ1) is 15.5. The Hall–Kier alpha value is -2.69. The molecule has 11 heteroatoms. The highest BCUT2D eigenvalue weighted by molar-refractivity contribution is 6.08. The van der Waals surface area contributed by atoms with Gasteiger partial charge in [0.15, 0.2) is 0 Å². The number of amides is 3. The van der Waals surface area contributed by atoms with Crippen LogP contribution in [0.15, 0.2) is 0 Å². The number of methoxy groups -OCH3 is 2. The number of alkyl carbamates (subject to hydrolysis) is 1. The maximum atomic E-state index is 13.2. The molecule has 3 amide bonds. The number of nitrogens with zero attached hydrogens (tertiary/aromatic N) is 1. The summed E-state index contributed by atoms with van der Waals surface area (Å²) >= 11 is 0. The molecule has 0 aromatic carbocycles. The normalized spacial score (nSPS) is 41.5. The minimum atomic E-state index is -1.43. The molecule has 3 saturated carbocycles. The van der Waals surface area contributed by atoms with E-state index in [1.165, 1.54) is 19.1 Å². The third kappa shape index (κ3) is 2.51. The van der Waals surface area contributed by atoms with Crippen LogP contribution in [0.1, 0.15) is 27.2 Å². The molecule has 1 N–H and O–H groups in total. The van der Waals surface area contributed by atoms with Gasteiger partial charge in [0.25, 0.3) is 0 Å². The summed E-state index contributed by atoms with van der Waals surface area (Å²) in [6, 6.07) is 0. The van der Waals surface area contributed by atoms with Gasteiger partial charge >= 0.3 is 18.0 Å². The van der Waals surface area contributed by atoms with E-state index in [0.717, 1.165) is 0 Å². The largest absolute Gasteiger partial charge is 0.467 e. The first kappa shape index (κ1) is 22.1. The summed E-state index contributed by atoms with van der Waals surface area (Å²) in [4.78, 5) is 64.8. The van der Waals surface area contributed by atoms with Gasteiger partial charge < -0.3 is 24.3 Å². The van der Waals surface area contributed by atoms with Crippen molar-refractivity contribution in [2.75, 3.05) is 27.3 Å². The van der Waals surface area contributed by atoms with Crippen LogP contribution in [0.3, 0.4) is 0 Å². The fourth-order valence-corrected chi connectivity index (χ4v) is 7.19. The maximum Gasteiger partial charge on any atom is 0.407 e. The third-order valence-corrected chi connectivity index (χ3v) is 8.02. The van der Waals surface area contributed by atoms with Gasteiger partial charge in [-0.05, 0) is 39.0 Å². The Bertz CT molecular complexity index is 915. The topological polar surface area (TPSA) is 141 Å². The molecular weight excluding hydrogens is 436 g/mol. The molecule has 33 heavy (non-hydrogen) atoms. The summed E-state index contributed by atoms with van der Waals surface area (Å²) in [6.45, 7) is 5.31. The second-order valence-corrected chi connectivity index (χ2v) is 10.5. The Balaban J connectivity index is 1.33. The second-order valence-electron chi connectivity index (χ2n) is 10.5. The van der Waals surface area contributed by atoms with Crippen molar-refractivity contribution in [1.82, 2.24) is 10.2 Å². The minimum Gasteiger partial charge on any atom is -0.467 e. The van der Waals surface area contributed by atoms with Crippen LogP contribution < -0.4 is 5.32 Å². The highest BCUT2D eigenvalue weighted by atomic mass is 16.7. The predicted octanol–water partition coefficient (Wildman–Crippen LogP) is -0.138. The number of carbonyl (C=O) groups excluding carboxylic acids is 5. The summed E-state index contributed by atoms with van der Waals surface area (Å²) in [5.41, 5.74) is -3.52. The van der Waals surface area contributed by atoms with Gasteiger partial charge in [-0.3, -0.25) is 14.5 Å². The number of imide groups is 1. The summed E-state index contributed by atoms with van der Waals surface area (Å²) in [7, 11) is 2.46. The molecular formula is C22H28N2O9. The number of epoxide rings is 1. The Morgan fingerprint density at radius 1 is 1.00 bits per heavy atom. The molecule has 0 aromatic heterocycles. The standard InChI is InChI=1S/C22H28N2O9/c1-20(2,3)32-19(29)23-6-7-24-15(25)11-9-8-10(12(11)16(24)26)14-13(9)21(17(27)30-4)22(14,33-21)18(28)31-5/h9-14H,6-8H2,1-5H3,(H,23,29)/t9-,10+,11-,12+,13-,14+,21-,22+. The first-order valence-corrected chi connectivity index (χ1v) is 11.2. The molecule has 0 unspecified atom stereocenters. The average molecular weight is 464 g/mol. The molecule has 5 aliphatic rings. The quantitative estimate of drug-likeness (QED) is 0.193. The zero-order chi connectivity index (χ0) is 24.1. The van der Waals surface area contributed by atoms with Crippen LogP contribution in [0, 0.1) is 35.5 Å². The number of ether oxygens (including phenoxy) is 4. The van der Waals surface area contributed by atoms with E-state index in [0.29, 0.717) is 6.42 Å². The highest BCUT2D eigenvalue weighted by Crippen LogP contribution is 2.83. The van der Waals surface area contributed by atoms with Gasteiger partial charge in [-0.25, -0.2) is 14.4 Å². The van der Waals surface area contributed by atoms with Crippen molar-refractivity contribution < 1.29 is 42.9 Å². The Morgan fingerprint density at radius 2 is 1.48 bits per heavy atom. The first-order valence-electron chi connectivity index (χ1n) is 11.2. The van der Waals surface area contributed by atoms with Crippen molar-refractivity contribution in [2.24, 2.45) is 35.5 Å². The van der Waals surface area contributed by atoms with Gasteiger partial charge in [0, 0.05) is 24.9 Å². The minimum absolute atomic E-state index is 0.0273. The van der Waals surface area contributed by atoms with Crippen LogP contribution in [0.5, 0.6) is 0 Å². The monoisotopic (exact) mass is 464 g/mol. The van der Waals surface area contributed by atoms with Crippen LogP contribution in [-0.2, 0) is 38.1 Å². The molecule has 0 aromatic rings. The number of carbonyl (C=O) groups is 5. The van der Waals surface area contributed by atoms with E-state index >= 15 is 0 Å². The molecule has 8 atom stereocenters. The van der Waals surface area contributed by atoms with Crippen molar-refractivity contribution in [1.29, 1.82) is 0 Å². The molecule has 2 aliphatic heterocycles. The number of fused-ring (bicyclic) bond motifs is 11. The smallest absolute Gasteiger partial charge is 0.407 e. The van der Waals surface area contributed by atoms with Gasteiger partial charge in [0.2, 0.25) is 23.0 Å². The van der Waals surface area contributed by atoms with Crippen molar-refractivity contribution in [3.63, 3.8) is 0 Å². The van der Waals surface area contributed by atoms with Gasteiger partial charge in [-0.2, -0.15) is 0 Å². The summed E-state index contributed by atoms with van der Waals surface area (Å²) < 4.78 is 20.9. The van der Waals surface area contributed by atoms with Crippen LogP contribution in [-0.4, -0.2) is 78.9 Å². The molecule has 11 nitrogen and oxygen atoms in total. The van der Waals surface area contributed by atoms with Gasteiger partial charge in [0.05, 0.1) is 26.1 Å². The lowest BCUT2D eigenvalue weighted by Crippen LogP contribution is -2.67. The molecule has 2 heterocycles. The highest BCUT2D eigenvalue weighted by Gasteiger charge is 3.00. The van der Waals surface area contributed by atoms with Crippen molar-refractivity contribution in [3.05, 3.63) is 0 Å². The lowest BCUT2D eigenvalue weighted by molar-refractivity contribution is -0.168. The zero-order valence-electron chi connectivity index (χ0n) is 19.2. The van der Waals surface area contributed by atoms with E-state index in [1.54, 1.807) is 20.8 Å². The van der Waals surface area contributed by atoms with Crippen molar-refractivity contribution in [2.45, 2.75) is 44.0 Å². The second kappa shape index (κ2) is 6.68. The number of esters is 2. The average Bonchev–Trinajstić information content (AvgIpc) is 2.99. The number of rotatable bonds is 5. The Morgan fingerprint density at radius 3 is 1.91 bits per heavy atom.